The molecule has 0 bridgehead atoms. The highest BCUT2D eigenvalue weighted by Crippen LogP contribution is 2.33. The minimum atomic E-state index is -0.658. The lowest BCUT2D eigenvalue weighted by atomic mass is 10.0. The number of ether oxygens (including phenoxy) is 1. The van der Waals surface area contributed by atoms with Crippen molar-refractivity contribution in [3.05, 3.63) is 57.5 Å². The minimum absolute atomic E-state index is 0.156. The zero-order valence-corrected chi connectivity index (χ0v) is 17.2. The third-order valence-electron chi connectivity index (χ3n) is 4.12. The van der Waals surface area contributed by atoms with Gasteiger partial charge in [0.2, 0.25) is 5.91 Å². The van der Waals surface area contributed by atoms with E-state index in [1.165, 1.54) is 11.6 Å². The second-order valence-electron chi connectivity index (χ2n) is 6.49. The van der Waals surface area contributed by atoms with Crippen molar-refractivity contribution in [2.75, 3.05) is 11.9 Å². The first-order valence-corrected chi connectivity index (χ1v) is 9.75. The van der Waals surface area contributed by atoms with Gasteiger partial charge in [-0.05, 0) is 42.5 Å². The number of thiophene rings is 1. The molecule has 2 rings (SSSR count). The quantitative estimate of drug-likeness (QED) is 0.540. The number of nitrogens with one attached hydrogen (secondary N) is 1. The summed E-state index contributed by atoms with van der Waals surface area (Å²) in [7, 11) is 0. The number of hydrogen-bond donors (Lipinski definition) is 2. The summed E-state index contributed by atoms with van der Waals surface area (Å²) in [6.07, 6.45) is 3.05. The number of nitrogens with two attached hydrogens (primary N) is 1. The van der Waals surface area contributed by atoms with Crippen LogP contribution in [0.3, 0.4) is 0 Å². The van der Waals surface area contributed by atoms with Crippen LogP contribution in [0.5, 0.6) is 0 Å². The van der Waals surface area contributed by atoms with E-state index in [1.807, 2.05) is 24.3 Å². The Morgan fingerprint density at radius 1 is 1.21 bits per heavy atom. The van der Waals surface area contributed by atoms with Gasteiger partial charge in [0.15, 0.2) is 0 Å². The van der Waals surface area contributed by atoms with Gasteiger partial charge < -0.3 is 15.8 Å². The number of esters is 1. The topological polar surface area (TPSA) is 98.5 Å². The summed E-state index contributed by atoms with van der Waals surface area (Å²) in [5.74, 6) is -1.25. The first kappa shape index (κ1) is 21.4. The van der Waals surface area contributed by atoms with Crippen molar-refractivity contribution in [3.8, 4) is 0 Å². The highest BCUT2D eigenvalue weighted by atomic mass is 32.1. The maximum atomic E-state index is 12.3. The van der Waals surface area contributed by atoms with Crippen molar-refractivity contribution in [1.82, 2.24) is 0 Å². The average molecular weight is 401 g/mol. The van der Waals surface area contributed by atoms with Crippen molar-refractivity contribution < 1.29 is 19.1 Å². The van der Waals surface area contributed by atoms with Crippen molar-refractivity contribution in [1.29, 1.82) is 0 Å². The molecule has 2 aromatic rings. The van der Waals surface area contributed by atoms with Crippen molar-refractivity contribution in [2.45, 2.75) is 33.6 Å². The SMILES string of the molecule is CCOC(=O)c1c(NC(=O)C=Cc2ccc(C(C)C)cc2)sc(C(N)=O)c1C. The summed E-state index contributed by atoms with van der Waals surface area (Å²) < 4.78 is 5.03. The average Bonchev–Trinajstić information content (AvgIpc) is 2.96. The molecular formula is C21H24N2O4S. The second kappa shape index (κ2) is 9.32. The number of amides is 2. The van der Waals surface area contributed by atoms with Crippen LogP contribution in [0.2, 0.25) is 0 Å². The summed E-state index contributed by atoms with van der Waals surface area (Å²) in [5.41, 5.74) is 8.02. The van der Waals surface area contributed by atoms with Gasteiger partial charge in [-0.3, -0.25) is 9.59 Å². The maximum Gasteiger partial charge on any atom is 0.341 e. The Balaban J connectivity index is 2.21. The Hall–Kier alpha value is -2.93. The number of carbonyl (C=O) groups is 3. The summed E-state index contributed by atoms with van der Waals surface area (Å²) in [5, 5.41) is 2.89. The lowest BCUT2D eigenvalue weighted by Gasteiger charge is -2.06. The largest absolute Gasteiger partial charge is 0.462 e. The van der Waals surface area contributed by atoms with Crippen LogP contribution in [-0.4, -0.2) is 24.4 Å². The van der Waals surface area contributed by atoms with Crippen LogP contribution in [0.15, 0.2) is 30.3 Å². The summed E-state index contributed by atoms with van der Waals surface area (Å²) in [6.45, 7) is 7.69. The molecule has 0 fully saturated rings. The molecule has 0 saturated carbocycles. The van der Waals surface area contributed by atoms with E-state index in [1.54, 1.807) is 19.9 Å². The van der Waals surface area contributed by atoms with Crippen LogP contribution in [0, 0.1) is 6.92 Å². The van der Waals surface area contributed by atoms with Gasteiger partial charge in [-0.25, -0.2) is 4.79 Å². The predicted molar refractivity (Wildman–Crippen MR) is 112 cm³/mol. The van der Waals surface area contributed by atoms with E-state index < -0.39 is 17.8 Å². The van der Waals surface area contributed by atoms with E-state index >= 15 is 0 Å². The molecule has 0 atom stereocenters. The molecule has 0 spiro atoms. The molecule has 1 aromatic carbocycles. The first-order valence-electron chi connectivity index (χ1n) is 8.93. The number of carbonyl (C=O) groups excluding carboxylic acids is 3. The van der Waals surface area contributed by atoms with Crippen molar-refractivity contribution in [2.24, 2.45) is 5.73 Å². The number of anilines is 1. The van der Waals surface area contributed by atoms with E-state index in [0.717, 1.165) is 16.9 Å². The molecule has 3 N–H and O–H groups in total. The molecule has 7 heteroatoms. The summed E-state index contributed by atoms with van der Waals surface area (Å²) in [6, 6.07) is 7.90. The van der Waals surface area contributed by atoms with Crippen molar-refractivity contribution >= 4 is 40.2 Å². The summed E-state index contributed by atoms with van der Waals surface area (Å²) in [4.78, 5) is 36.4. The third-order valence-corrected chi connectivity index (χ3v) is 5.34. The Kier molecular flexibility index (Phi) is 7.12. The molecule has 28 heavy (non-hydrogen) atoms. The second-order valence-corrected chi connectivity index (χ2v) is 7.51. The molecular weight excluding hydrogens is 376 g/mol. The monoisotopic (exact) mass is 400 g/mol. The zero-order valence-electron chi connectivity index (χ0n) is 16.4. The number of primary amides is 1. The molecule has 0 saturated heterocycles. The molecule has 1 heterocycles. The fraction of sp³-hybridized carbons (Fsp3) is 0.286. The Labute approximate surface area is 168 Å². The summed E-state index contributed by atoms with van der Waals surface area (Å²) >= 11 is 0.962. The zero-order chi connectivity index (χ0) is 20.8. The van der Waals surface area contributed by atoms with Crippen LogP contribution in [0.25, 0.3) is 6.08 Å². The van der Waals surface area contributed by atoms with Gasteiger partial charge in [-0.1, -0.05) is 38.1 Å². The highest BCUT2D eigenvalue weighted by molar-refractivity contribution is 7.18. The number of rotatable bonds is 7. The molecule has 0 unspecified atom stereocenters. The Morgan fingerprint density at radius 3 is 2.39 bits per heavy atom. The van der Waals surface area contributed by atoms with E-state index in [4.69, 9.17) is 10.5 Å². The first-order chi connectivity index (χ1) is 13.2. The van der Waals surface area contributed by atoms with E-state index in [0.29, 0.717) is 11.5 Å². The normalized spacial score (nSPS) is 11.0. The van der Waals surface area contributed by atoms with Crippen LogP contribution in [-0.2, 0) is 9.53 Å². The smallest absolute Gasteiger partial charge is 0.341 e. The van der Waals surface area contributed by atoms with Gasteiger partial charge in [-0.15, -0.1) is 11.3 Å². The fourth-order valence-corrected chi connectivity index (χ4v) is 3.65. The van der Waals surface area contributed by atoms with Crippen LogP contribution in [0.1, 0.15) is 63.4 Å². The lowest BCUT2D eigenvalue weighted by Crippen LogP contribution is -2.13. The molecule has 0 radical (unpaired) electrons. The third kappa shape index (κ3) is 5.07. The molecule has 0 aliphatic carbocycles. The van der Waals surface area contributed by atoms with Gasteiger partial charge in [0.25, 0.3) is 5.91 Å². The number of benzene rings is 1. The molecule has 6 nitrogen and oxygen atoms in total. The van der Waals surface area contributed by atoms with Gasteiger partial charge in [0.1, 0.15) is 5.00 Å². The van der Waals surface area contributed by atoms with E-state index in [2.05, 4.69) is 19.2 Å². The Morgan fingerprint density at radius 2 is 1.86 bits per heavy atom. The predicted octanol–water partition coefficient (Wildman–Crippen LogP) is 4.11. The number of hydrogen-bond acceptors (Lipinski definition) is 5. The molecule has 0 aliphatic rings. The molecule has 148 valence electrons. The van der Waals surface area contributed by atoms with Gasteiger partial charge in [-0.2, -0.15) is 0 Å². The van der Waals surface area contributed by atoms with E-state index in [-0.39, 0.29) is 22.0 Å². The van der Waals surface area contributed by atoms with Crippen molar-refractivity contribution in [3.63, 3.8) is 0 Å². The van der Waals surface area contributed by atoms with Crippen LogP contribution < -0.4 is 11.1 Å². The molecule has 0 aliphatic heterocycles. The minimum Gasteiger partial charge on any atom is -0.462 e. The molecule has 1 aromatic heterocycles. The standard InChI is InChI=1S/C21H24N2O4S/c1-5-27-21(26)17-13(4)18(19(22)25)28-20(17)23-16(24)11-8-14-6-9-15(10-7-14)12(2)3/h6-12H,5H2,1-4H3,(H2,22,25)(H,23,24). The van der Waals surface area contributed by atoms with Gasteiger partial charge in [0, 0.05) is 6.08 Å². The van der Waals surface area contributed by atoms with E-state index in [9.17, 15) is 14.4 Å². The van der Waals surface area contributed by atoms with Gasteiger partial charge in [0.05, 0.1) is 17.0 Å². The molecule has 2 amide bonds. The van der Waals surface area contributed by atoms with Crippen LogP contribution in [0.4, 0.5) is 5.00 Å². The lowest BCUT2D eigenvalue weighted by molar-refractivity contribution is -0.111. The van der Waals surface area contributed by atoms with Crippen LogP contribution >= 0.6 is 11.3 Å². The fourth-order valence-electron chi connectivity index (χ4n) is 2.60. The highest BCUT2D eigenvalue weighted by Gasteiger charge is 2.25. The Bertz CT molecular complexity index is 911. The van der Waals surface area contributed by atoms with Gasteiger partial charge >= 0.3 is 5.97 Å². The maximum absolute atomic E-state index is 12.3.